The first-order chi connectivity index (χ1) is 9.65. The molecule has 1 atom stereocenters. The predicted octanol–water partition coefficient (Wildman–Crippen LogP) is 1.06. The van der Waals surface area contributed by atoms with Crippen LogP contribution in [0.1, 0.15) is 6.92 Å². The average molecular weight is 285 g/mol. The van der Waals surface area contributed by atoms with Crippen LogP contribution in [0.15, 0.2) is 12.1 Å². The molecular weight excluding hydrogens is 262 g/mol. The van der Waals surface area contributed by atoms with E-state index in [4.69, 9.17) is 18.9 Å². The quantitative estimate of drug-likeness (QED) is 0.707. The Morgan fingerprint density at radius 2 is 1.70 bits per heavy atom. The van der Waals surface area contributed by atoms with Crippen LogP contribution in [0, 0.1) is 0 Å². The van der Waals surface area contributed by atoms with E-state index >= 15 is 0 Å². The molecule has 0 bridgehead atoms. The monoisotopic (exact) mass is 285 g/mol. The molecule has 1 rings (SSSR count). The molecule has 1 aromatic rings. The van der Waals surface area contributed by atoms with Gasteiger partial charge in [-0.3, -0.25) is 0 Å². The summed E-state index contributed by atoms with van der Waals surface area (Å²) in [6.07, 6.45) is -0.575. The fraction of sp³-hybridized carbons (Fsp3) is 0.571. The van der Waals surface area contributed by atoms with Crippen LogP contribution in [0.5, 0.6) is 23.0 Å². The Morgan fingerprint density at radius 1 is 1.10 bits per heavy atom. The minimum absolute atomic E-state index is 0.186. The molecule has 0 radical (unpaired) electrons. The number of aliphatic hydroxyl groups is 1. The lowest BCUT2D eigenvalue weighted by Gasteiger charge is -2.16. The highest BCUT2D eigenvalue weighted by atomic mass is 16.5. The van der Waals surface area contributed by atoms with Gasteiger partial charge in [0.2, 0.25) is 5.75 Å². The van der Waals surface area contributed by atoms with Crippen molar-refractivity contribution in [1.82, 2.24) is 5.32 Å². The molecule has 6 nitrogen and oxygen atoms in total. The molecular formula is C14H23NO5. The molecule has 0 aliphatic rings. The second-order valence-corrected chi connectivity index (χ2v) is 4.13. The number of hydrogen-bond acceptors (Lipinski definition) is 6. The summed E-state index contributed by atoms with van der Waals surface area (Å²) in [5.74, 6) is 2.09. The van der Waals surface area contributed by atoms with Crippen molar-refractivity contribution in [3.8, 4) is 23.0 Å². The first-order valence-corrected chi connectivity index (χ1v) is 6.47. The molecule has 114 valence electrons. The number of rotatable bonds is 9. The molecule has 6 heteroatoms. The van der Waals surface area contributed by atoms with Crippen molar-refractivity contribution in [2.24, 2.45) is 0 Å². The molecule has 0 fully saturated rings. The highest BCUT2D eigenvalue weighted by molar-refractivity contribution is 5.55. The standard InChI is InChI=1S/C14H23NO5/c1-5-15-8-10(16)9-20-11-6-12(17-2)14(19-4)13(7-11)18-3/h6-7,10,15-16H,5,8-9H2,1-4H3. The maximum absolute atomic E-state index is 9.72. The normalized spacial score (nSPS) is 11.8. The van der Waals surface area contributed by atoms with Gasteiger partial charge in [0.1, 0.15) is 18.5 Å². The third kappa shape index (κ3) is 4.47. The van der Waals surface area contributed by atoms with E-state index in [2.05, 4.69) is 5.32 Å². The van der Waals surface area contributed by atoms with Gasteiger partial charge >= 0.3 is 0 Å². The van der Waals surface area contributed by atoms with Crippen molar-refractivity contribution >= 4 is 0 Å². The van der Waals surface area contributed by atoms with E-state index in [-0.39, 0.29) is 6.61 Å². The number of likely N-dealkylation sites (N-methyl/N-ethyl adjacent to an activating group) is 1. The van der Waals surface area contributed by atoms with Crippen LogP contribution in [-0.4, -0.2) is 52.2 Å². The lowest BCUT2D eigenvalue weighted by Crippen LogP contribution is -2.31. The van der Waals surface area contributed by atoms with Gasteiger partial charge in [0.05, 0.1) is 21.3 Å². The molecule has 2 N–H and O–H groups in total. The second-order valence-electron chi connectivity index (χ2n) is 4.13. The third-order valence-corrected chi connectivity index (χ3v) is 2.71. The molecule has 1 unspecified atom stereocenters. The van der Waals surface area contributed by atoms with Crippen LogP contribution in [0.4, 0.5) is 0 Å². The molecule has 0 heterocycles. The first-order valence-electron chi connectivity index (χ1n) is 6.47. The Kier molecular flexibility index (Phi) is 6.97. The predicted molar refractivity (Wildman–Crippen MR) is 76.1 cm³/mol. The maximum atomic E-state index is 9.72. The molecule has 0 aliphatic carbocycles. The number of aliphatic hydroxyl groups excluding tert-OH is 1. The summed E-state index contributed by atoms with van der Waals surface area (Å²) in [6, 6.07) is 3.39. The maximum Gasteiger partial charge on any atom is 0.203 e. The van der Waals surface area contributed by atoms with Crippen LogP contribution in [0.25, 0.3) is 0 Å². The Balaban J connectivity index is 2.75. The summed E-state index contributed by atoms with van der Waals surface area (Å²) >= 11 is 0. The summed E-state index contributed by atoms with van der Waals surface area (Å²) in [5, 5.41) is 12.8. The zero-order valence-electron chi connectivity index (χ0n) is 12.4. The molecule has 0 saturated carbocycles. The van der Waals surface area contributed by atoms with Crippen molar-refractivity contribution in [3.05, 3.63) is 12.1 Å². The fourth-order valence-corrected chi connectivity index (χ4v) is 1.70. The van der Waals surface area contributed by atoms with Crippen molar-refractivity contribution in [2.75, 3.05) is 41.0 Å². The van der Waals surface area contributed by atoms with Gasteiger partial charge in [-0.1, -0.05) is 6.92 Å². The Hall–Kier alpha value is -1.66. The van der Waals surface area contributed by atoms with E-state index in [9.17, 15) is 5.11 Å². The molecule has 0 amide bonds. The molecule has 0 saturated heterocycles. The molecule has 0 aliphatic heterocycles. The number of hydrogen-bond donors (Lipinski definition) is 2. The van der Waals surface area contributed by atoms with E-state index in [1.165, 1.54) is 0 Å². The van der Waals surface area contributed by atoms with Crippen molar-refractivity contribution in [2.45, 2.75) is 13.0 Å². The highest BCUT2D eigenvalue weighted by Gasteiger charge is 2.14. The van der Waals surface area contributed by atoms with Crippen LogP contribution >= 0.6 is 0 Å². The molecule has 20 heavy (non-hydrogen) atoms. The summed E-state index contributed by atoms with van der Waals surface area (Å²) in [7, 11) is 4.63. The van der Waals surface area contributed by atoms with E-state index in [1.54, 1.807) is 33.5 Å². The van der Waals surface area contributed by atoms with Crippen LogP contribution in [0.3, 0.4) is 0 Å². The summed E-state index contributed by atoms with van der Waals surface area (Å²) in [5.41, 5.74) is 0. The number of nitrogens with one attached hydrogen (secondary N) is 1. The van der Waals surface area contributed by atoms with Crippen molar-refractivity contribution in [1.29, 1.82) is 0 Å². The van der Waals surface area contributed by atoms with Crippen LogP contribution < -0.4 is 24.3 Å². The Morgan fingerprint density at radius 3 is 2.15 bits per heavy atom. The van der Waals surface area contributed by atoms with Gasteiger partial charge in [-0.05, 0) is 6.54 Å². The smallest absolute Gasteiger partial charge is 0.203 e. The van der Waals surface area contributed by atoms with Gasteiger partial charge in [0.15, 0.2) is 11.5 Å². The van der Waals surface area contributed by atoms with Gasteiger partial charge < -0.3 is 29.4 Å². The van der Waals surface area contributed by atoms with Gasteiger partial charge in [0.25, 0.3) is 0 Å². The van der Waals surface area contributed by atoms with Crippen LogP contribution in [0.2, 0.25) is 0 Å². The zero-order chi connectivity index (χ0) is 15.0. The second kappa shape index (κ2) is 8.50. The fourth-order valence-electron chi connectivity index (χ4n) is 1.70. The minimum atomic E-state index is -0.575. The highest BCUT2D eigenvalue weighted by Crippen LogP contribution is 2.40. The molecule has 0 aromatic heterocycles. The van der Waals surface area contributed by atoms with Gasteiger partial charge in [0, 0.05) is 18.7 Å². The molecule has 1 aromatic carbocycles. The van der Waals surface area contributed by atoms with E-state index in [1.807, 2.05) is 6.92 Å². The lowest BCUT2D eigenvalue weighted by molar-refractivity contribution is 0.106. The minimum Gasteiger partial charge on any atom is -0.493 e. The molecule has 0 spiro atoms. The number of benzene rings is 1. The van der Waals surface area contributed by atoms with E-state index in [0.29, 0.717) is 29.5 Å². The Labute approximate surface area is 119 Å². The van der Waals surface area contributed by atoms with E-state index < -0.39 is 6.10 Å². The average Bonchev–Trinajstić information content (AvgIpc) is 2.49. The van der Waals surface area contributed by atoms with Gasteiger partial charge in [-0.2, -0.15) is 0 Å². The SMILES string of the molecule is CCNCC(O)COc1cc(OC)c(OC)c(OC)c1. The van der Waals surface area contributed by atoms with Crippen molar-refractivity contribution < 1.29 is 24.1 Å². The topological polar surface area (TPSA) is 69.2 Å². The zero-order valence-corrected chi connectivity index (χ0v) is 12.4. The lowest BCUT2D eigenvalue weighted by atomic mass is 10.2. The third-order valence-electron chi connectivity index (χ3n) is 2.71. The van der Waals surface area contributed by atoms with Crippen LogP contribution in [-0.2, 0) is 0 Å². The Bertz CT molecular complexity index is 386. The van der Waals surface area contributed by atoms with E-state index in [0.717, 1.165) is 6.54 Å². The number of ether oxygens (including phenoxy) is 4. The summed E-state index contributed by atoms with van der Waals surface area (Å²) < 4.78 is 21.2. The first kappa shape index (κ1) is 16.4. The largest absolute Gasteiger partial charge is 0.493 e. The summed E-state index contributed by atoms with van der Waals surface area (Å²) in [4.78, 5) is 0. The van der Waals surface area contributed by atoms with Crippen molar-refractivity contribution in [3.63, 3.8) is 0 Å². The van der Waals surface area contributed by atoms with Gasteiger partial charge in [-0.15, -0.1) is 0 Å². The summed E-state index contributed by atoms with van der Waals surface area (Å²) in [6.45, 7) is 3.46. The van der Waals surface area contributed by atoms with Gasteiger partial charge in [-0.25, -0.2) is 0 Å². The number of methoxy groups -OCH3 is 3.